The van der Waals surface area contributed by atoms with Crippen LogP contribution in [-0.2, 0) is 0 Å². The Bertz CT molecular complexity index is 180. The highest BCUT2D eigenvalue weighted by atomic mass is 14.1. The summed E-state index contributed by atoms with van der Waals surface area (Å²) in [6, 6.07) is 0. The van der Waals surface area contributed by atoms with Crippen LogP contribution in [0.4, 0.5) is 0 Å². The molecule has 0 fully saturated rings. The van der Waals surface area contributed by atoms with Crippen molar-refractivity contribution in [2.24, 2.45) is 5.92 Å². The molecule has 100 valence electrons. The minimum atomic E-state index is 0.934. The van der Waals surface area contributed by atoms with E-state index in [4.69, 9.17) is 0 Å². The van der Waals surface area contributed by atoms with Gasteiger partial charge in [-0.15, -0.1) is 0 Å². The maximum atomic E-state index is 2.44. The van der Waals surface area contributed by atoms with Crippen molar-refractivity contribution in [3.05, 3.63) is 12.2 Å². The fourth-order valence-electron chi connectivity index (χ4n) is 2.83. The molecule has 0 saturated heterocycles. The Morgan fingerprint density at radius 1 is 0.824 bits per heavy atom. The molecule has 0 aliphatic heterocycles. The van der Waals surface area contributed by atoms with Gasteiger partial charge in [-0.25, -0.2) is 0 Å². The number of rotatable bonds is 11. The summed E-state index contributed by atoms with van der Waals surface area (Å²) in [6.07, 6.45) is 23.6. The van der Waals surface area contributed by atoms with Crippen LogP contribution in [-0.4, -0.2) is 0 Å². The third-order valence-corrected chi connectivity index (χ3v) is 4.04. The molecule has 1 aliphatic rings. The van der Waals surface area contributed by atoms with Crippen LogP contribution in [0.5, 0.6) is 0 Å². The average Bonchev–Trinajstić information content (AvgIpc) is 2.85. The van der Waals surface area contributed by atoms with Gasteiger partial charge in [0.25, 0.3) is 0 Å². The van der Waals surface area contributed by atoms with E-state index in [9.17, 15) is 0 Å². The molecule has 0 saturated carbocycles. The second kappa shape index (κ2) is 10.9. The topological polar surface area (TPSA) is 0 Å². The van der Waals surface area contributed by atoms with Gasteiger partial charge in [0.05, 0.1) is 0 Å². The summed E-state index contributed by atoms with van der Waals surface area (Å²) in [5, 5.41) is 0. The molecule has 1 atom stereocenters. The predicted octanol–water partition coefficient (Wildman–Crippen LogP) is 6.26. The van der Waals surface area contributed by atoms with Crippen molar-refractivity contribution >= 4 is 0 Å². The Hall–Kier alpha value is -0.260. The van der Waals surface area contributed by atoms with Crippen molar-refractivity contribution in [2.45, 2.75) is 90.4 Å². The highest BCUT2D eigenvalue weighted by Crippen LogP contribution is 2.23. The summed E-state index contributed by atoms with van der Waals surface area (Å²) in [4.78, 5) is 0. The molecule has 1 aliphatic carbocycles. The first-order chi connectivity index (χ1) is 8.43. The standard InChI is InChI=1S/C17H32/c1-2-3-4-5-6-7-8-9-10-11-14-17-15-12-13-16-17/h12,15,17H,2-11,13-14,16H2,1H3. The van der Waals surface area contributed by atoms with E-state index >= 15 is 0 Å². The summed E-state index contributed by atoms with van der Waals surface area (Å²) in [6.45, 7) is 2.29. The summed E-state index contributed by atoms with van der Waals surface area (Å²) < 4.78 is 0. The Morgan fingerprint density at radius 2 is 1.41 bits per heavy atom. The van der Waals surface area contributed by atoms with E-state index in [1.807, 2.05) is 0 Å². The maximum absolute atomic E-state index is 2.44. The maximum Gasteiger partial charge on any atom is -0.0231 e. The Kier molecular flexibility index (Phi) is 9.46. The fourth-order valence-corrected chi connectivity index (χ4v) is 2.83. The van der Waals surface area contributed by atoms with E-state index in [0.29, 0.717) is 0 Å². The van der Waals surface area contributed by atoms with Gasteiger partial charge in [0.15, 0.2) is 0 Å². The molecule has 0 radical (unpaired) electrons. The van der Waals surface area contributed by atoms with Gasteiger partial charge in [0.2, 0.25) is 0 Å². The number of hydrogen-bond donors (Lipinski definition) is 0. The van der Waals surface area contributed by atoms with Crippen LogP contribution in [0, 0.1) is 5.92 Å². The zero-order valence-corrected chi connectivity index (χ0v) is 11.9. The molecule has 0 N–H and O–H groups in total. The molecular weight excluding hydrogens is 204 g/mol. The van der Waals surface area contributed by atoms with Gasteiger partial charge in [0, 0.05) is 0 Å². The van der Waals surface area contributed by atoms with Crippen LogP contribution in [0.3, 0.4) is 0 Å². The van der Waals surface area contributed by atoms with E-state index in [-0.39, 0.29) is 0 Å². The van der Waals surface area contributed by atoms with Crippen LogP contribution in [0.25, 0.3) is 0 Å². The lowest BCUT2D eigenvalue weighted by atomic mass is 9.99. The molecule has 0 heteroatoms. The second-order valence-corrected chi connectivity index (χ2v) is 5.74. The smallest absolute Gasteiger partial charge is 0.0231 e. The van der Waals surface area contributed by atoms with E-state index in [0.717, 1.165) is 5.92 Å². The minimum Gasteiger partial charge on any atom is -0.0882 e. The van der Waals surface area contributed by atoms with Crippen molar-refractivity contribution < 1.29 is 0 Å². The Balaban J connectivity index is 1.71. The molecule has 0 nitrogen and oxygen atoms in total. The van der Waals surface area contributed by atoms with Crippen molar-refractivity contribution in [1.82, 2.24) is 0 Å². The summed E-state index contributed by atoms with van der Waals surface area (Å²) in [7, 11) is 0. The second-order valence-electron chi connectivity index (χ2n) is 5.74. The first kappa shape index (κ1) is 14.8. The largest absolute Gasteiger partial charge is 0.0882 e. The lowest BCUT2D eigenvalue weighted by Gasteiger charge is -2.06. The quantitative estimate of drug-likeness (QED) is 0.293. The van der Waals surface area contributed by atoms with Crippen LogP contribution in [0.1, 0.15) is 90.4 Å². The first-order valence-corrected chi connectivity index (χ1v) is 8.10. The highest BCUT2D eigenvalue weighted by molar-refractivity contribution is 4.95. The molecular formula is C17H32. The Morgan fingerprint density at radius 3 is 1.94 bits per heavy atom. The van der Waals surface area contributed by atoms with Crippen LogP contribution in [0.15, 0.2) is 12.2 Å². The molecule has 0 heterocycles. The molecule has 1 unspecified atom stereocenters. The van der Waals surface area contributed by atoms with Crippen LogP contribution in [0.2, 0.25) is 0 Å². The lowest BCUT2D eigenvalue weighted by Crippen LogP contribution is -1.91. The monoisotopic (exact) mass is 236 g/mol. The van der Waals surface area contributed by atoms with Gasteiger partial charge >= 0.3 is 0 Å². The van der Waals surface area contributed by atoms with Crippen molar-refractivity contribution in [3.8, 4) is 0 Å². The molecule has 0 bridgehead atoms. The number of unbranched alkanes of at least 4 members (excludes halogenated alkanes) is 9. The zero-order chi connectivity index (χ0) is 12.2. The Labute approximate surface area is 109 Å². The van der Waals surface area contributed by atoms with Crippen LogP contribution >= 0.6 is 0 Å². The average molecular weight is 236 g/mol. The lowest BCUT2D eigenvalue weighted by molar-refractivity contribution is 0.505. The predicted molar refractivity (Wildman–Crippen MR) is 78.3 cm³/mol. The molecule has 0 aromatic rings. The summed E-state index contributed by atoms with van der Waals surface area (Å²) >= 11 is 0. The van der Waals surface area contributed by atoms with E-state index < -0.39 is 0 Å². The summed E-state index contributed by atoms with van der Waals surface area (Å²) in [5.41, 5.74) is 0. The van der Waals surface area contributed by atoms with Crippen molar-refractivity contribution in [1.29, 1.82) is 0 Å². The summed E-state index contributed by atoms with van der Waals surface area (Å²) in [5.74, 6) is 0.934. The third kappa shape index (κ3) is 8.46. The third-order valence-electron chi connectivity index (χ3n) is 4.04. The van der Waals surface area contributed by atoms with Gasteiger partial charge in [-0.05, 0) is 25.2 Å². The SMILES string of the molecule is CCCCCCCCCCCCC1C=CCC1. The highest BCUT2D eigenvalue weighted by Gasteiger charge is 2.07. The molecule has 0 spiro atoms. The van der Waals surface area contributed by atoms with Gasteiger partial charge in [-0.2, -0.15) is 0 Å². The normalized spacial score (nSPS) is 19.0. The fraction of sp³-hybridized carbons (Fsp3) is 0.882. The van der Waals surface area contributed by atoms with E-state index in [2.05, 4.69) is 19.1 Å². The molecule has 0 aromatic heterocycles. The van der Waals surface area contributed by atoms with Gasteiger partial charge in [0.1, 0.15) is 0 Å². The van der Waals surface area contributed by atoms with Gasteiger partial charge < -0.3 is 0 Å². The van der Waals surface area contributed by atoms with Crippen molar-refractivity contribution in [3.63, 3.8) is 0 Å². The van der Waals surface area contributed by atoms with Gasteiger partial charge in [-0.1, -0.05) is 83.3 Å². The molecule has 0 amide bonds. The van der Waals surface area contributed by atoms with Crippen LogP contribution < -0.4 is 0 Å². The van der Waals surface area contributed by atoms with E-state index in [1.54, 1.807) is 0 Å². The van der Waals surface area contributed by atoms with Gasteiger partial charge in [-0.3, -0.25) is 0 Å². The number of hydrogen-bond acceptors (Lipinski definition) is 0. The minimum absolute atomic E-state index is 0.934. The van der Waals surface area contributed by atoms with E-state index in [1.165, 1.54) is 83.5 Å². The molecule has 1 rings (SSSR count). The molecule has 17 heavy (non-hydrogen) atoms. The molecule has 0 aromatic carbocycles. The first-order valence-electron chi connectivity index (χ1n) is 8.10. The van der Waals surface area contributed by atoms with Crippen molar-refractivity contribution in [2.75, 3.05) is 0 Å². The zero-order valence-electron chi connectivity index (χ0n) is 11.9. The number of allylic oxidation sites excluding steroid dienone is 2.